The number of carboxylic acids is 1. The van der Waals surface area contributed by atoms with E-state index in [0.717, 1.165) is 0 Å². The minimum atomic E-state index is -0.860. The molecular weight excluding hydrogens is 254 g/mol. The first-order valence-corrected chi connectivity index (χ1v) is 6.32. The van der Waals surface area contributed by atoms with Gasteiger partial charge in [0.25, 0.3) is 5.91 Å². The Labute approximate surface area is 108 Å². The highest BCUT2D eigenvalue weighted by Gasteiger charge is 2.25. The Bertz CT molecular complexity index is 494. The van der Waals surface area contributed by atoms with Crippen LogP contribution in [0.2, 0.25) is 0 Å². The number of rotatable bonds is 4. The van der Waals surface area contributed by atoms with Gasteiger partial charge in [-0.3, -0.25) is 9.59 Å². The average Bonchev–Trinajstić information content (AvgIpc) is 2.96. The van der Waals surface area contributed by atoms with Crippen LogP contribution in [0.1, 0.15) is 16.1 Å². The van der Waals surface area contributed by atoms with Crippen LogP contribution in [0.25, 0.3) is 0 Å². The predicted octanol–water partition coefficient (Wildman–Crippen LogP) is 1.52. The van der Waals surface area contributed by atoms with E-state index in [4.69, 9.17) is 9.84 Å². The van der Waals surface area contributed by atoms with Crippen LogP contribution in [0, 0.1) is 5.92 Å². The fraction of sp³-hybridized carbons (Fsp3) is 0.333. The molecule has 96 valence electrons. The van der Waals surface area contributed by atoms with E-state index in [0.29, 0.717) is 17.0 Å². The molecule has 2 N–H and O–H groups in total. The predicted molar refractivity (Wildman–Crippen MR) is 67.0 cm³/mol. The summed E-state index contributed by atoms with van der Waals surface area (Å²) >= 11 is 1.30. The standard InChI is InChI=1S/C12H13NO4S/c1-17-9-5-10(18-6-9)11(14)13-8-3-2-7(4-8)12(15)16/h2-3,5-8H,4H2,1H3,(H,13,14)(H,15,16). The summed E-state index contributed by atoms with van der Waals surface area (Å²) in [5, 5.41) is 13.4. The third kappa shape index (κ3) is 2.70. The van der Waals surface area contributed by atoms with E-state index in [1.807, 2.05) is 0 Å². The van der Waals surface area contributed by atoms with Crippen LogP contribution in [0.4, 0.5) is 0 Å². The molecule has 1 aromatic rings. The lowest BCUT2D eigenvalue weighted by atomic mass is 10.1. The number of carbonyl (C=O) groups is 2. The van der Waals surface area contributed by atoms with Gasteiger partial charge in [-0.15, -0.1) is 11.3 Å². The molecule has 18 heavy (non-hydrogen) atoms. The Kier molecular flexibility index (Phi) is 3.66. The van der Waals surface area contributed by atoms with E-state index in [1.54, 1.807) is 30.7 Å². The number of thiophene rings is 1. The minimum absolute atomic E-state index is 0.205. The topological polar surface area (TPSA) is 75.6 Å². The summed E-state index contributed by atoms with van der Waals surface area (Å²) in [6.45, 7) is 0. The lowest BCUT2D eigenvalue weighted by Gasteiger charge is -2.10. The number of aliphatic carboxylic acids is 1. The SMILES string of the molecule is COc1csc(C(=O)NC2C=CC(C(=O)O)C2)c1. The van der Waals surface area contributed by atoms with E-state index in [1.165, 1.54) is 11.3 Å². The lowest BCUT2D eigenvalue weighted by Crippen LogP contribution is -2.32. The summed E-state index contributed by atoms with van der Waals surface area (Å²) in [4.78, 5) is 23.2. The average molecular weight is 267 g/mol. The van der Waals surface area contributed by atoms with E-state index in [-0.39, 0.29) is 11.9 Å². The first kappa shape index (κ1) is 12.6. The molecule has 0 bridgehead atoms. The molecule has 1 aromatic heterocycles. The number of methoxy groups -OCH3 is 1. The Morgan fingerprint density at radius 1 is 1.50 bits per heavy atom. The van der Waals surface area contributed by atoms with Crippen molar-refractivity contribution >= 4 is 23.2 Å². The maximum Gasteiger partial charge on any atom is 0.310 e. The number of hydrogen-bond donors (Lipinski definition) is 2. The second-order valence-corrected chi connectivity index (χ2v) is 4.91. The van der Waals surface area contributed by atoms with Gasteiger partial charge >= 0.3 is 5.97 Å². The number of hydrogen-bond acceptors (Lipinski definition) is 4. The number of carboxylic acid groups (broad SMARTS) is 1. The molecule has 1 aliphatic carbocycles. The van der Waals surface area contributed by atoms with Gasteiger partial charge in [0.05, 0.1) is 17.9 Å². The van der Waals surface area contributed by atoms with Gasteiger partial charge in [-0.05, 0) is 6.42 Å². The van der Waals surface area contributed by atoms with Crippen molar-refractivity contribution in [3.05, 3.63) is 28.5 Å². The Morgan fingerprint density at radius 2 is 2.28 bits per heavy atom. The van der Waals surface area contributed by atoms with Gasteiger partial charge in [0, 0.05) is 17.5 Å². The molecule has 5 nitrogen and oxygen atoms in total. The zero-order valence-corrected chi connectivity index (χ0v) is 10.6. The second kappa shape index (κ2) is 5.22. The first-order chi connectivity index (χ1) is 8.60. The molecule has 0 aliphatic heterocycles. The molecule has 0 radical (unpaired) electrons. The summed E-state index contributed by atoms with van der Waals surface area (Å²) < 4.78 is 5.00. The van der Waals surface area contributed by atoms with Crippen LogP contribution < -0.4 is 10.1 Å². The third-order valence-electron chi connectivity index (χ3n) is 2.75. The number of amides is 1. The largest absolute Gasteiger partial charge is 0.496 e. The van der Waals surface area contributed by atoms with Gasteiger partial charge in [-0.25, -0.2) is 0 Å². The maximum atomic E-state index is 11.9. The molecular formula is C12H13NO4S. The van der Waals surface area contributed by atoms with Gasteiger partial charge in [0.15, 0.2) is 0 Å². The van der Waals surface area contributed by atoms with Gasteiger partial charge in [0.1, 0.15) is 5.75 Å². The number of ether oxygens (including phenoxy) is 1. The Morgan fingerprint density at radius 3 is 2.83 bits per heavy atom. The summed E-state index contributed by atoms with van der Waals surface area (Å²) in [7, 11) is 1.54. The zero-order valence-electron chi connectivity index (χ0n) is 9.75. The van der Waals surface area contributed by atoms with Gasteiger partial charge in [-0.1, -0.05) is 12.2 Å². The highest BCUT2D eigenvalue weighted by molar-refractivity contribution is 7.12. The van der Waals surface area contributed by atoms with Crippen molar-refractivity contribution in [3.8, 4) is 5.75 Å². The second-order valence-electron chi connectivity index (χ2n) is 4.00. The van der Waals surface area contributed by atoms with Crippen molar-refractivity contribution < 1.29 is 19.4 Å². The van der Waals surface area contributed by atoms with Gasteiger partial charge < -0.3 is 15.2 Å². The molecule has 1 aliphatic rings. The maximum absolute atomic E-state index is 11.9. The van der Waals surface area contributed by atoms with E-state index >= 15 is 0 Å². The van der Waals surface area contributed by atoms with Crippen LogP contribution >= 0.6 is 11.3 Å². The van der Waals surface area contributed by atoms with Crippen molar-refractivity contribution in [1.82, 2.24) is 5.32 Å². The number of nitrogens with one attached hydrogen (secondary N) is 1. The summed E-state index contributed by atoms with van der Waals surface area (Å²) in [6.07, 6.45) is 3.74. The molecule has 0 aromatic carbocycles. The quantitative estimate of drug-likeness (QED) is 0.811. The molecule has 2 unspecified atom stereocenters. The lowest BCUT2D eigenvalue weighted by molar-refractivity contribution is -0.140. The van der Waals surface area contributed by atoms with Crippen LogP contribution in [-0.4, -0.2) is 30.1 Å². The fourth-order valence-electron chi connectivity index (χ4n) is 1.77. The summed E-state index contributed by atoms with van der Waals surface area (Å²) in [6, 6.07) is 1.44. The van der Waals surface area contributed by atoms with Crippen molar-refractivity contribution in [3.63, 3.8) is 0 Å². The van der Waals surface area contributed by atoms with Crippen LogP contribution in [0.3, 0.4) is 0 Å². The van der Waals surface area contributed by atoms with Gasteiger partial charge in [-0.2, -0.15) is 0 Å². The van der Waals surface area contributed by atoms with Crippen molar-refractivity contribution in [2.75, 3.05) is 7.11 Å². The molecule has 2 atom stereocenters. The highest BCUT2D eigenvalue weighted by atomic mass is 32.1. The summed E-state index contributed by atoms with van der Waals surface area (Å²) in [5.41, 5.74) is 0. The normalized spacial score (nSPS) is 21.8. The Hall–Kier alpha value is -1.82. The smallest absolute Gasteiger partial charge is 0.310 e. The fourth-order valence-corrected chi connectivity index (χ4v) is 2.53. The van der Waals surface area contributed by atoms with Crippen molar-refractivity contribution in [1.29, 1.82) is 0 Å². The Balaban J connectivity index is 1.93. The molecule has 6 heteroatoms. The highest BCUT2D eigenvalue weighted by Crippen LogP contribution is 2.22. The monoisotopic (exact) mass is 267 g/mol. The van der Waals surface area contributed by atoms with E-state index < -0.39 is 11.9 Å². The first-order valence-electron chi connectivity index (χ1n) is 5.44. The number of carbonyl (C=O) groups excluding carboxylic acids is 1. The van der Waals surface area contributed by atoms with Crippen molar-refractivity contribution in [2.45, 2.75) is 12.5 Å². The summed E-state index contributed by atoms with van der Waals surface area (Å²) in [5.74, 6) is -0.923. The van der Waals surface area contributed by atoms with E-state index in [2.05, 4.69) is 5.32 Å². The van der Waals surface area contributed by atoms with Crippen LogP contribution in [-0.2, 0) is 4.79 Å². The molecule has 2 rings (SSSR count). The zero-order chi connectivity index (χ0) is 13.1. The molecule has 1 heterocycles. The van der Waals surface area contributed by atoms with Crippen LogP contribution in [0.15, 0.2) is 23.6 Å². The van der Waals surface area contributed by atoms with Gasteiger partial charge in [0.2, 0.25) is 0 Å². The van der Waals surface area contributed by atoms with Crippen LogP contribution in [0.5, 0.6) is 5.75 Å². The third-order valence-corrected chi connectivity index (χ3v) is 3.66. The van der Waals surface area contributed by atoms with Crippen molar-refractivity contribution in [2.24, 2.45) is 5.92 Å². The van der Waals surface area contributed by atoms with E-state index in [9.17, 15) is 9.59 Å². The minimum Gasteiger partial charge on any atom is -0.496 e. The molecule has 0 saturated heterocycles. The molecule has 1 amide bonds. The molecule has 0 saturated carbocycles. The molecule has 0 fully saturated rings. The molecule has 0 spiro atoms.